The molecule has 0 aliphatic carbocycles. The summed E-state index contributed by atoms with van der Waals surface area (Å²) in [6, 6.07) is 67.3. The van der Waals surface area contributed by atoms with Crippen molar-refractivity contribution in [1.29, 1.82) is 0 Å². The molecule has 3 heterocycles. The molecule has 2 aliphatic rings. The summed E-state index contributed by atoms with van der Waals surface area (Å²) in [6.07, 6.45) is 0. The highest BCUT2D eigenvalue weighted by molar-refractivity contribution is 7.00. The highest BCUT2D eigenvalue weighted by Gasteiger charge is 2.44. The average molecular weight is 889 g/mol. The summed E-state index contributed by atoms with van der Waals surface area (Å²) in [6.45, 7) is 20.9. The van der Waals surface area contributed by atoms with Gasteiger partial charge in [-0.3, -0.25) is 0 Å². The predicted octanol–water partition coefficient (Wildman–Crippen LogP) is 13.1. The van der Waals surface area contributed by atoms with E-state index in [0.29, 0.717) is 0 Å². The van der Waals surface area contributed by atoms with Gasteiger partial charge in [-0.25, -0.2) is 0 Å². The van der Waals surface area contributed by atoms with Crippen molar-refractivity contribution in [1.82, 2.24) is 15.0 Å². The van der Waals surface area contributed by atoms with E-state index in [1.807, 2.05) is 18.2 Å². The van der Waals surface area contributed by atoms with Gasteiger partial charge in [0.15, 0.2) is 0 Å². The van der Waals surface area contributed by atoms with E-state index < -0.39 is 8.07 Å². The fourth-order valence-electron chi connectivity index (χ4n) is 10.1. The van der Waals surface area contributed by atoms with Gasteiger partial charge in [0, 0.05) is 51.2 Å². The molecule has 0 N–H and O–H groups in total. The smallest absolute Gasteiger partial charge is 0.252 e. The van der Waals surface area contributed by atoms with Crippen molar-refractivity contribution >= 4 is 98.6 Å². The van der Waals surface area contributed by atoms with Gasteiger partial charge in [0.05, 0.1) is 13.8 Å². The number of aromatic nitrogens is 3. The molecular formula is C59H57BN6Si. The molecule has 0 radical (unpaired) electrons. The highest BCUT2D eigenvalue weighted by Crippen LogP contribution is 2.46. The number of fused-ring (bicyclic) bond motifs is 5. The number of anilines is 9. The third kappa shape index (κ3) is 7.44. The summed E-state index contributed by atoms with van der Waals surface area (Å²) in [5.74, 6) is 0. The Morgan fingerprint density at radius 1 is 0.433 bits per heavy atom. The predicted molar refractivity (Wildman–Crippen MR) is 288 cm³/mol. The van der Waals surface area contributed by atoms with E-state index in [9.17, 15) is 0 Å². The molecule has 0 amide bonds. The Morgan fingerprint density at radius 3 is 1.43 bits per heavy atom. The summed E-state index contributed by atoms with van der Waals surface area (Å²) < 4.78 is 0. The first-order chi connectivity index (χ1) is 32.1. The zero-order valence-corrected chi connectivity index (χ0v) is 41.1. The molecule has 0 saturated carbocycles. The van der Waals surface area contributed by atoms with Crippen LogP contribution in [0, 0.1) is 0 Å². The van der Waals surface area contributed by atoms with Crippen molar-refractivity contribution in [2.45, 2.75) is 72.0 Å². The van der Waals surface area contributed by atoms with Gasteiger partial charge >= 0.3 is 0 Å². The molecule has 2 aliphatic heterocycles. The van der Waals surface area contributed by atoms with Crippen molar-refractivity contribution in [3.63, 3.8) is 0 Å². The Kier molecular flexibility index (Phi) is 9.98. The van der Waals surface area contributed by atoms with Gasteiger partial charge in [-0.2, -0.15) is 4.80 Å². The van der Waals surface area contributed by atoms with E-state index in [4.69, 9.17) is 10.2 Å². The molecule has 9 aromatic rings. The van der Waals surface area contributed by atoms with Crippen molar-refractivity contribution < 1.29 is 0 Å². The third-order valence-electron chi connectivity index (χ3n) is 13.7. The van der Waals surface area contributed by atoms with Crippen LogP contribution in [0.4, 0.5) is 51.2 Å². The van der Waals surface area contributed by atoms with Crippen molar-refractivity contribution in [3.8, 4) is 5.69 Å². The van der Waals surface area contributed by atoms with Crippen LogP contribution in [0.25, 0.3) is 16.7 Å². The Bertz CT molecular complexity index is 3230. The molecule has 6 nitrogen and oxygen atoms in total. The molecule has 11 rings (SSSR count). The van der Waals surface area contributed by atoms with Gasteiger partial charge in [-0.15, -0.1) is 10.2 Å². The molecule has 0 spiro atoms. The summed E-state index contributed by atoms with van der Waals surface area (Å²) >= 11 is 0. The van der Waals surface area contributed by atoms with Crippen LogP contribution in [0.15, 0.2) is 182 Å². The van der Waals surface area contributed by atoms with Gasteiger partial charge in [-0.1, -0.05) is 151 Å². The number of hydrogen-bond acceptors (Lipinski definition) is 5. The van der Waals surface area contributed by atoms with Gasteiger partial charge < -0.3 is 14.7 Å². The Labute approximate surface area is 397 Å². The average Bonchev–Trinajstić information content (AvgIpc) is 3.74. The number of hydrogen-bond donors (Lipinski definition) is 0. The second kappa shape index (κ2) is 15.7. The lowest BCUT2D eigenvalue weighted by atomic mass is 9.33. The molecule has 8 heteroatoms. The maximum atomic E-state index is 5.12. The van der Waals surface area contributed by atoms with E-state index in [-0.39, 0.29) is 17.5 Å². The van der Waals surface area contributed by atoms with Crippen LogP contribution in [0.2, 0.25) is 19.6 Å². The maximum absolute atomic E-state index is 5.12. The largest absolute Gasteiger partial charge is 0.311 e. The molecule has 0 unspecified atom stereocenters. The second-order valence-corrected chi connectivity index (χ2v) is 26.4. The van der Waals surface area contributed by atoms with Crippen LogP contribution in [0.5, 0.6) is 0 Å². The number of nitrogens with zero attached hydrogens (tertiary/aromatic N) is 6. The van der Waals surface area contributed by atoms with Crippen molar-refractivity contribution in [2.75, 3.05) is 14.7 Å². The van der Waals surface area contributed by atoms with Crippen LogP contribution >= 0.6 is 0 Å². The van der Waals surface area contributed by atoms with E-state index in [1.54, 1.807) is 4.80 Å². The maximum Gasteiger partial charge on any atom is 0.252 e. The second-order valence-electron chi connectivity index (χ2n) is 21.3. The lowest BCUT2D eigenvalue weighted by molar-refractivity contribution is 0.590. The fourth-order valence-corrected chi connectivity index (χ4v) is 11.2. The highest BCUT2D eigenvalue weighted by atomic mass is 28.3. The third-order valence-corrected chi connectivity index (χ3v) is 15.8. The SMILES string of the molecule is CC(C)(C)c1ccc(N(c2ccc(C(C)(C)C)cc2)c2ccc3c(c2)N(c2ccc([Si](C)(C)C)cc2)c2cccc4c2B3c2cc3nn(-c5ccccc5)nc3cc2N4c2ccccc2)cc1. The standard InChI is InChI=1S/C59H57BN6Si/c1-58(2,3)40-23-27-43(28-24-40)63(44-29-25-41(26-30-44)59(4,5)6)47-33-36-49-55(37-47)65(45-31-34-48(35-32-45)67(7,8)9)54-22-16-21-53-57(54)60(49)50-38-51-52(62-66(61-51)46-19-14-11-15-20-46)39-56(50)64(53)42-17-12-10-13-18-42/h10-39H,1-9H3. The van der Waals surface area contributed by atoms with E-state index in [1.165, 1.54) is 38.4 Å². The molecule has 0 atom stereocenters. The molecular weight excluding hydrogens is 832 g/mol. The molecule has 67 heavy (non-hydrogen) atoms. The Morgan fingerprint density at radius 2 is 0.910 bits per heavy atom. The minimum absolute atomic E-state index is 0.0367. The number of rotatable bonds is 7. The first-order valence-corrected chi connectivity index (χ1v) is 27.1. The molecule has 330 valence electrons. The topological polar surface area (TPSA) is 40.4 Å². The van der Waals surface area contributed by atoms with Crippen LogP contribution in [0.3, 0.4) is 0 Å². The summed E-state index contributed by atoms with van der Waals surface area (Å²) in [5, 5.41) is 11.6. The molecule has 0 bridgehead atoms. The van der Waals surface area contributed by atoms with Crippen LogP contribution in [-0.4, -0.2) is 29.8 Å². The van der Waals surface area contributed by atoms with Crippen molar-refractivity contribution in [2.24, 2.45) is 0 Å². The quantitative estimate of drug-likeness (QED) is 0.149. The van der Waals surface area contributed by atoms with Gasteiger partial charge in [0.25, 0.3) is 6.71 Å². The first-order valence-electron chi connectivity index (χ1n) is 23.6. The van der Waals surface area contributed by atoms with E-state index >= 15 is 0 Å². The molecule has 0 saturated heterocycles. The molecule has 0 fully saturated rings. The van der Waals surface area contributed by atoms with Gasteiger partial charge in [-0.05, 0) is 135 Å². The minimum Gasteiger partial charge on any atom is -0.311 e. The molecule has 1 aromatic heterocycles. The summed E-state index contributed by atoms with van der Waals surface area (Å²) in [7, 11) is -1.57. The Hall–Kier alpha value is -7.16. The zero-order chi connectivity index (χ0) is 46.4. The first kappa shape index (κ1) is 42.5. The van der Waals surface area contributed by atoms with Crippen LogP contribution in [-0.2, 0) is 10.8 Å². The normalized spacial score (nSPS) is 13.4. The van der Waals surface area contributed by atoms with Gasteiger partial charge in [0.1, 0.15) is 11.0 Å². The summed E-state index contributed by atoms with van der Waals surface area (Å²) in [4.78, 5) is 9.14. The lowest BCUT2D eigenvalue weighted by Gasteiger charge is -2.44. The molecule has 8 aromatic carbocycles. The number of para-hydroxylation sites is 2. The van der Waals surface area contributed by atoms with E-state index in [0.717, 1.165) is 62.2 Å². The Balaban J connectivity index is 1.17. The fraction of sp³-hybridized carbons (Fsp3) is 0.186. The lowest BCUT2D eigenvalue weighted by Crippen LogP contribution is -2.61. The zero-order valence-electron chi connectivity index (χ0n) is 40.1. The minimum atomic E-state index is -1.57. The summed E-state index contributed by atoms with van der Waals surface area (Å²) in [5.41, 5.74) is 19.2. The van der Waals surface area contributed by atoms with Crippen LogP contribution in [0.1, 0.15) is 52.7 Å². The number of benzene rings is 8. The monoisotopic (exact) mass is 888 g/mol. The van der Waals surface area contributed by atoms with Crippen molar-refractivity contribution in [3.05, 3.63) is 193 Å². The van der Waals surface area contributed by atoms with Crippen LogP contribution < -0.4 is 36.3 Å². The van der Waals surface area contributed by atoms with E-state index in [2.05, 4.69) is 240 Å². The van der Waals surface area contributed by atoms with Gasteiger partial charge in [0.2, 0.25) is 0 Å².